The molecule has 0 radical (unpaired) electrons. The van der Waals surface area contributed by atoms with Crippen molar-refractivity contribution in [1.29, 1.82) is 0 Å². The average Bonchev–Trinajstić information content (AvgIpc) is 2.48. The zero-order valence-electron chi connectivity index (χ0n) is 11.5. The number of hydrogen-bond donors (Lipinski definition) is 2. The molecule has 0 aromatic heterocycles. The largest absolute Gasteiger partial charge is 0.478 e. The third-order valence-corrected chi connectivity index (χ3v) is 3.83. The van der Waals surface area contributed by atoms with E-state index >= 15 is 0 Å². The quantitative estimate of drug-likeness (QED) is 0.887. The molecule has 5 heteroatoms. The van der Waals surface area contributed by atoms with Crippen molar-refractivity contribution < 1.29 is 19.4 Å². The summed E-state index contributed by atoms with van der Waals surface area (Å²) >= 11 is 0. The molecule has 108 valence electrons. The van der Waals surface area contributed by atoms with E-state index in [-0.39, 0.29) is 11.5 Å². The van der Waals surface area contributed by atoms with Crippen LogP contribution in [-0.2, 0) is 9.53 Å². The Balaban J connectivity index is 2.14. The lowest BCUT2D eigenvalue weighted by Crippen LogP contribution is -2.46. The molecule has 0 heterocycles. The van der Waals surface area contributed by atoms with Gasteiger partial charge < -0.3 is 15.2 Å². The molecule has 0 bridgehead atoms. The first-order chi connectivity index (χ1) is 9.57. The molecule has 1 amide bonds. The Bertz CT molecular complexity index is 506. The van der Waals surface area contributed by atoms with Gasteiger partial charge in [-0.2, -0.15) is 0 Å². The number of carboxylic acids is 1. The highest BCUT2D eigenvalue weighted by Crippen LogP contribution is 2.32. The number of hydrogen-bond acceptors (Lipinski definition) is 3. The van der Waals surface area contributed by atoms with E-state index in [1.54, 1.807) is 19.2 Å². The minimum Gasteiger partial charge on any atom is -0.478 e. The van der Waals surface area contributed by atoms with Crippen molar-refractivity contribution in [3.63, 3.8) is 0 Å². The SMILES string of the molecule is COC1(C(=O)Nc2cccc(C(=O)O)c2)CCCCC1. The Kier molecular flexibility index (Phi) is 4.39. The second kappa shape index (κ2) is 6.05. The Morgan fingerprint density at radius 3 is 2.55 bits per heavy atom. The molecule has 1 aliphatic rings. The monoisotopic (exact) mass is 277 g/mol. The molecule has 0 saturated heterocycles. The van der Waals surface area contributed by atoms with Crippen LogP contribution in [-0.4, -0.2) is 29.7 Å². The highest BCUT2D eigenvalue weighted by atomic mass is 16.5. The van der Waals surface area contributed by atoms with E-state index in [1.807, 2.05) is 0 Å². The van der Waals surface area contributed by atoms with E-state index in [1.165, 1.54) is 12.1 Å². The normalized spacial score (nSPS) is 17.4. The van der Waals surface area contributed by atoms with Crippen molar-refractivity contribution in [2.24, 2.45) is 0 Å². The van der Waals surface area contributed by atoms with E-state index in [2.05, 4.69) is 5.32 Å². The van der Waals surface area contributed by atoms with Gasteiger partial charge >= 0.3 is 5.97 Å². The molecule has 2 rings (SSSR count). The smallest absolute Gasteiger partial charge is 0.335 e. The molecule has 1 saturated carbocycles. The number of rotatable bonds is 4. The van der Waals surface area contributed by atoms with Crippen molar-refractivity contribution in [3.8, 4) is 0 Å². The van der Waals surface area contributed by atoms with E-state index in [0.717, 1.165) is 19.3 Å². The number of amides is 1. The average molecular weight is 277 g/mol. The summed E-state index contributed by atoms with van der Waals surface area (Å²) < 4.78 is 5.46. The molecular formula is C15H19NO4. The summed E-state index contributed by atoms with van der Waals surface area (Å²) in [4.78, 5) is 23.3. The molecule has 20 heavy (non-hydrogen) atoms. The number of aromatic carboxylic acids is 1. The van der Waals surface area contributed by atoms with E-state index in [9.17, 15) is 9.59 Å². The van der Waals surface area contributed by atoms with Gasteiger partial charge in [-0.25, -0.2) is 4.79 Å². The lowest BCUT2D eigenvalue weighted by Gasteiger charge is -2.34. The van der Waals surface area contributed by atoms with Gasteiger partial charge in [-0.15, -0.1) is 0 Å². The minimum atomic E-state index is -1.01. The van der Waals surface area contributed by atoms with Gasteiger partial charge in [0, 0.05) is 12.8 Å². The Labute approximate surface area is 117 Å². The molecule has 0 aliphatic heterocycles. The highest BCUT2D eigenvalue weighted by molar-refractivity contribution is 5.98. The van der Waals surface area contributed by atoms with Crippen molar-refractivity contribution in [2.75, 3.05) is 12.4 Å². The fourth-order valence-corrected chi connectivity index (χ4v) is 2.62. The van der Waals surface area contributed by atoms with Crippen LogP contribution in [0, 0.1) is 0 Å². The van der Waals surface area contributed by atoms with E-state index < -0.39 is 11.6 Å². The summed E-state index contributed by atoms with van der Waals surface area (Å²) in [6.45, 7) is 0. The summed E-state index contributed by atoms with van der Waals surface area (Å²) in [6.07, 6.45) is 4.46. The number of nitrogens with one attached hydrogen (secondary N) is 1. The molecule has 2 N–H and O–H groups in total. The predicted octanol–water partition coefficient (Wildman–Crippen LogP) is 2.67. The maximum atomic E-state index is 12.4. The summed E-state index contributed by atoms with van der Waals surface area (Å²) in [5.41, 5.74) is -0.146. The zero-order valence-corrected chi connectivity index (χ0v) is 11.5. The summed E-state index contributed by atoms with van der Waals surface area (Å²) in [6, 6.07) is 6.23. The maximum Gasteiger partial charge on any atom is 0.335 e. The van der Waals surface area contributed by atoms with Gasteiger partial charge in [-0.3, -0.25) is 4.79 Å². The van der Waals surface area contributed by atoms with Gasteiger partial charge in [0.05, 0.1) is 5.56 Å². The van der Waals surface area contributed by atoms with Crippen LogP contribution in [0.4, 0.5) is 5.69 Å². The zero-order chi connectivity index (χ0) is 14.6. The first-order valence-electron chi connectivity index (χ1n) is 6.77. The van der Waals surface area contributed by atoms with Crippen LogP contribution < -0.4 is 5.32 Å². The van der Waals surface area contributed by atoms with Crippen LogP contribution in [0.25, 0.3) is 0 Å². The lowest BCUT2D eigenvalue weighted by molar-refractivity contribution is -0.141. The van der Waals surface area contributed by atoms with Crippen LogP contribution in [0.3, 0.4) is 0 Å². The summed E-state index contributed by atoms with van der Waals surface area (Å²) in [7, 11) is 1.55. The summed E-state index contributed by atoms with van der Waals surface area (Å²) in [5.74, 6) is -1.21. The standard InChI is InChI=1S/C15H19NO4/c1-20-15(8-3-2-4-9-15)14(19)16-12-7-5-6-11(10-12)13(17)18/h5-7,10H,2-4,8-9H2,1H3,(H,16,19)(H,17,18). The fourth-order valence-electron chi connectivity index (χ4n) is 2.62. The first kappa shape index (κ1) is 14.5. The van der Waals surface area contributed by atoms with E-state index in [0.29, 0.717) is 18.5 Å². The van der Waals surface area contributed by atoms with Gasteiger partial charge in [-0.05, 0) is 31.0 Å². The van der Waals surface area contributed by atoms with Crippen LogP contribution in [0.15, 0.2) is 24.3 Å². The number of anilines is 1. The topological polar surface area (TPSA) is 75.6 Å². The third-order valence-electron chi connectivity index (χ3n) is 3.83. The van der Waals surface area contributed by atoms with Crippen LogP contribution in [0.2, 0.25) is 0 Å². The van der Waals surface area contributed by atoms with Crippen molar-refractivity contribution in [1.82, 2.24) is 0 Å². The van der Waals surface area contributed by atoms with Gasteiger partial charge in [0.15, 0.2) is 0 Å². The Morgan fingerprint density at radius 2 is 1.95 bits per heavy atom. The first-order valence-corrected chi connectivity index (χ1v) is 6.77. The van der Waals surface area contributed by atoms with Crippen molar-refractivity contribution in [2.45, 2.75) is 37.7 Å². The van der Waals surface area contributed by atoms with E-state index in [4.69, 9.17) is 9.84 Å². The van der Waals surface area contributed by atoms with Gasteiger partial charge in [0.25, 0.3) is 5.91 Å². The predicted molar refractivity (Wildman–Crippen MR) is 74.9 cm³/mol. The molecule has 1 aromatic rings. The second-order valence-electron chi connectivity index (χ2n) is 5.10. The number of carbonyl (C=O) groups is 2. The molecule has 1 aliphatic carbocycles. The lowest BCUT2D eigenvalue weighted by atomic mass is 9.84. The second-order valence-corrected chi connectivity index (χ2v) is 5.10. The molecule has 0 spiro atoms. The molecular weight excluding hydrogens is 258 g/mol. The Morgan fingerprint density at radius 1 is 1.25 bits per heavy atom. The van der Waals surface area contributed by atoms with Crippen LogP contribution >= 0.6 is 0 Å². The molecule has 5 nitrogen and oxygen atoms in total. The molecule has 1 fully saturated rings. The molecule has 0 unspecified atom stereocenters. The molecule has 0 atom stereocenters. The maximum absolute atomic E-state index is 12.4. The number of carboxylic acid groups (broad SMARTS) is 1. The van der Waals surface area contributed by atoms with Gasteiger partial charge in [0.1, 0.15) is 5.60 Å². The van der Waals surface area contributed by atoms with Crippen LogP contribution in [0.5, 0.6) is 0 Å². The van der Waals surface area contributed by atoms with Gasteiger partial charge in [-0.1, -0.05) is 25.3 Å². The van der Waals surface area contributed by atoms with Gasteiger partial charge in [0.2, 0.25) is 0 Å². The molecule has 1 aromatic carbocycles. The van der Waals surface area contributed by atoms with Crippen LogP contribution in [0.1, 0.15) is 42.5 Å². The minimum absolute atomic E-state index is 0.151. The Hall–Kier alpha value is -1.88. The fraction of sp³-hybridized carbons (Fsp3) is 0.467. The summed E-state index contributed by atoms with van der Waals surface area (Å²) in [5, 5.41) is 11.7. The number of methoxy groups -OCH3 is 1. The number of carbonyl (C=O) groups excluding carboxylic acids is 1. The number of benzene rings is 1. The number of ether oxygens (including phenoxy) is 1. The third kappa shape index (κ3) is 2.99. The van der Waals surface area contributed by atoms with Crippen molar-refractivity contribution >= 4 is 17.6 Å². The highest BCUT2D eigenvalue weighted by Gasteiger charge is 2.39. The van der Waals surface area contributed by atoms with Crippen molar-refractivity contribution in [3.05, 3.63) is 29.8 Å².